The van der Waals surface area contributed by atoms with Crippen molar-refractivity contribution in [3.8, 4) is 0 Å². The Morgan fingerprint density at radius 2 is 1.38 bits per heavy atom. The van der Waals surface area contributed by atoms with Crippen LogP contribution in [-0.4, -0.2) is 0 Å². The molecule has 0 aliphatic heterocycles. The molecule has 1 aromatic heterocycles. The maximum Gasteiger partial charge on any atom is 0.168 e. The van der Waals surface area contributed by atoms with Gasteiger partial charge in [-0.2, -0.15) is 0 Å². The smallest absolute Gasteiger partial charge is 0.168 e. The first kappa shape index (κ1) is 12.2. The fourth-order valence-electron chi connectivity index (χ4n) is 1.00. The van der Waals surface area contributed by atoms with Crippen molar-refractivity contribution in [1.82, 2.24) is 0 Å². The molecule has 1 heteroatoms. The highest BCUT2D eigenvalue weighted by molar-refractivity contribution is 5.17. The second-order valence-corrected chi connectivity index (χ2v) is 4.00. The summed E-state index contributed by atoms with van der Waals surface area (Å²) in [5, 5.41) is 0. The molecule has 0 aromatic carbocycles. The van der Waals surface area contributed by atoms with Crippen molar-refractivity contribution >= 4 is 0 Å². The average Bonchev–Trinajstić information content (AvgIpc) is 2.07. The zero-order valence-corrected chi connectivity index (χ0v) is 9.76. The third kappa shape index (κ3) is 4.07. The third-order valence-corrected chi connectivity index (χ3v) is 1.84. The summed E-state index contributed by atoms with van der Waals surface area (Å²) >= 11 is 0. The molecule has 1 heterocycles. The van der Waals surface area contributed by atoms with E-state index >= 15 is 0 Å². The van der Waals surface area contributed by atoms with Crippen molar-refractivity contribution in [2.45, 2.75) is 40.0 Å². The van der Waals surface area contributed by atoms with Gasteiger partial charge in [0, 0.05) is 12.1 Å². The second-order valence-electron chi connectivity index (χ2n) is 4.00. The zero-order valence-electron chi connectivity index (χ0n) is 9.76. The zero-order chi connectivity index (χ0) is 10.5. The molecule has 0 atom stereocenters. The van der Waals surface area contributed by atoms with Crippen LogP contribution in [0.25, 0.3) is 0 Å². The first-order valence-corrected chi connectivity index (χ1v) is 4.96. The molecule has 0 spiro atoms. The fourth-order valence-corrected chi connectivity index (χ4v) is 1.00. The molecule has 0 aliphatic carbocycles. The quantitative estimate of drug-likeness (QED) is 0.541. The number of rotatable bonds is 0. The number of aryl methyl sites for hydroxylation is 1. The molecule has 0 saturated carbocycles. The Labute approximate surface area is 82.4 Å². The van der Waals surface area contributed by atoms with Gasteiger partial charge in [0.05, 0.1) is 0 Å². The van der Waals surface area contributed by atoms with Crippen LogP contribution in [0.5, 0.6) is 0 Å². The van der Waals surface area contributed by atoms with Gasteiger partial charge in [-0.05, 0) is 11.0 Å². The summed E-state index contributed by atoms with van der Waals surface area (Å²) in [5.41, 5.74) is 1.66. The topological polar surface area (TPSA) is 3.88 Å². The van der Waals surface area contributed by atoms with Gasteiger partial charge in [-0.25, -0.2) is 4.57 Å². The van der Waals surface area contributed by atoms with Gasteiger partial charge < -0.3 is 0 Å². The molecule has 0 bridgehead atoms. The Kier molecular flexibility index (Phi) is 4.68. The standard InChI is InChI=1S/C10H16N.C2H6/c1-10(2,3)9-5-7-11(4)8-6-9;1-2/h5-8H,1-4H3;1-2H3/q+1;. The number of aromatic nitrogens is 1. The van der Waals surface area contributed by atoms with Gasteiger partial charge in [-0.3, -0.25) is 0 Å². The molecule has 0 amide bonds. The van der Waals surface area contributed by atoms with E-state index in [1.807, 2.05) is 20.9 Å². The number of pyridine rings is 1. The van der Waals surface area contributed by atoms with Crippen LogP contribution in [0.1, 0.15) is 40.2 Å². The van der Waals surface area contributed by atoms with E-state index in [4.69, 9.17) is 0 Å². The monoisotopic (exact) mass is 180 g/mol. The Bertz CT molecular complexity index is 228. The van der Waals surface area contributed by atoms with Crippen LogP contribution in [-0.2, 0) is 12.5 Å². The normalized spacial score (nSPS) is 10.3. The predicted octanol–water partition coefficient (Wildman–Crippen LogP) is 2.83. The van der Waals surface area contributed by atoms with E-state index in [2.05, 4.69) is 49.9 Å². The van der Waals surface area contributed by atoms with Crippen molar-refractivity contribution in [1.29, 1.82) is 0 Å². The summed E-state index contributed by atoms with van der Waals surface area (Å²) in [6, 6.07) is 4.33. The lowest BCUT2D eigenvalue weighted by Crippen LogP contribution is -2.27. The minimum absolute atomic E-state index is 0.272. The molecule has 74 valence electrons. The van der Waals surface area contributed by atoms with Crippen LogP contribution in [0.4, 0.5) is 0 Å². The van der Waals surface area contributed by atoms with Crippen LogP contribution in [0.15, 0.2) is 24.5 Å². The van der Waals surface area contributed by atoms with Crippen molar-refractivity contribution in [3.63, 3.8) is 0 Å². The minimum atomic E-state index is 0.272. The molecule has 13 heavy (non-hydrogen) atoms. The Morgan fingerprint density at radius 1 is 1.00 bits per heavy atom. The van der Waals surface area contributed by atoms with Crippen molar-refractivity contribution in [2.75, 3.05) is 0 Å². The van der Waals surface area contributed by atoms with Crippen molar-refractivity contribution < 1.29 is 4.57 Å². The van der Waals surface area contributed by atoms with Gasteiger partial charge in [0.1, 0.15) is 7.05 Å². The lowest BCUT2D eigenvalue weighted by atomic mass is 9.88. The van der Waals surface area contributed by atoms with Crippen LogP contribution in [0, 0.1) is 0 Å². The van der Waals surface area contributed by atoms with Crippen LogP contribution < -0.4 is 4.57 Å². The van der Waals surface area contributed by atoms with Gasteiger partial charge in [0.25, 0.3) is 0 Å². The summed E-state index contributed by atoms with van der Waals surface area (Å²) in [7, 11) is 2.03. The van der Waals surface area contributed by atoms with Gasteiger partial charge in [0.2, 0.25) is 0 Å². The summed E-state index contributed by atoms with van der Waals surface area (Å²) in [6.45, 7) is 10.7. The highest BCUT2D eigenvalue weighted by Gasteiger charge is 2.13. The number of hydrogen-bond donors (Lipinski definition) is 0. The molecular formula is C12H22N+. The van der Waals surface area contributed by atoms with Gasteiger partial charge in [0.15, 0.2) is 12.4 Å². The highest BCUT2D eigenvalue weighted by atomic mass is 14.9. The molecule has 0 radical (unpaired) electrons. The molecule has 0 N–H and O–H groups in total. The molecule has 1 rings (SSSR count). The van der Waals surface area contributed by atoms with E-state index in [0.29, 0.717) is 0 Å². The van der Waals surface area contributed by atoms with Crippen molar-refractivity contribution in [3.05, 3.63) is 30.1 Å². The lowest BCUT2D eigenvalue weighted by Gasteiger charge is -2.17. The SMILES string of the molecule is CC.C[n+]1ccc(C(C)(C)C)cc1. The van der Waals surface area contributed by atoms with E-state index in [9.17, 15) is 0 Å². The molecule has 1 aromatic rings. The Hall–Kier alpha value is -0.850. The molecule has 0 fully saturated rings. The number of hydrogen-bond acceptors (Lipinski definition) is 0. The summed E-state index contributed by atoms with van der Waals surface area (Å²) in [6.07, 6.45) is 4.17. The molecule has 0 unspecified atom stereocenters. The molecule has 1 nitrogen and oxygen atoms in total. The summed E-state index contributed by atoms with van der Waals surface area (Å²) in [4.78, 5) is 0. The minimum Gasteiger partial charge on any atom is -0.208 e. The van der Waals surface area contributed by atoms with E-state index in [1.54, 1.807) is 0 Å². The number of nitrogens with zero attached hydrogens (tertiary/aromatic N) is 1. The highest BCUT2D eigenvalue weighted by Crippen LogP contribution is 2.19. The summed E-state index contributed by atoms with van der Waals surface area (Å²) < 4.78 is 2.05. The lowest BCUT2D eigenvalue weighted by molar-refractivity contribution is -0.671. The fraction of sp³-hybridized carbons (Fsp3) is 0.583. The van der Waals surface area contributed by atoms with Gasteiger partial charge >= 0.3 is 0 Å². The largest absolute Gasteiger partial charge is 0.208 e. The van der Waals surface area contributed by atoms with Crippen LogP contribution in [0.2, 0.25) is 0 Å². The third-order valence-electron chi connectivity index (χ3n) is 1.84. The molecule has 0 saturated heterocycles. The maximum atomic E-state index is 2.22. The van der Waals surface area contributed by atoms with Crippen molar-refractivity contribution in [2.24, 2.45) is 7.05 Å². The van der Waals surface area contributed by atoms with E-state index in [1.165, 1.54) is 5.56 Å². The maximum absolute atomic E-state index is 2.22. The molecular weight excluding hydrogens is 158 g/mol. The Morgan fingerprint density at radius 3 is 1.69 bits per heavy atom. The first-order chi connectivity index (χ1) is 6.00. The molecule has 0 aliphatic rings. The average molecular weight is 180 g/mol. The van der Waals surface area contributed by atoms with Gasteiger partial charge in [-0.15, -0.1) is 0 Å². The predicted molar refractivity (Wildman–Crippen MR) is 57.7 cm³/mol. The van der Waals surface area contributed by atoms with Crippen LogP contribution in [0.3, 0.4) is 0 Å². The van der Waals surface area contributed by atoms with E-state index in [-0.39, 0.29) is 5.41 Å². The van der Waals surface area contributed by atoms with Crippen LogP contribution >= 0.6 is 0 Å². The van der Waals surface area contributed by atoms with Gasteiger partial charge in [-0.1, -0.05) is 34.6 Å². The van der Waals surface area contributed by atoms with E-state index in [0.717, 1.165) is 0 Å². The Balaban J connectivity index is 0.000000671. The van der Waals surface area contributed by atoms with E-state index < -0.39 is 0 Å². The first-order valence-electron chi connectivity index (χ1n) is 4.96. The second kappa shape index (κ2) is 5.00. The summed E-state index contributed by atoms with van der Waals surface area (Å²) in [5.74, 6) is 0.